The first-order valence-corrected chi connectivity index (χ1v) is 8.01. The van der Waals surface area contributed by atoms with Gasteiger partial charge in [-0.3, -0.25) is 4.79 Å². The molecule has 1 amide bonds. The summed E-state index contributed by atoms with van der Waals surface area (Å²) in [6.07, 6.45) is 5.04. The summed E-state index contributed by atoms with van der Waals surface area (Å²) in [5.41, 5.74) is 2.61. The molecule has 0 saturated carbocycles. The van der Waals surface area contributed by atoms with Crippen LogP contribution in [0.5, 0.6) is 0 Å². The van der Waals surface area contributed by atoms with Crippen molar-refractivity contribution in [2.24, 2.45) is 0 Å². The van der Waals surface area contributed by atoms with Gasteiger partial charge < -0.3 is 18.7 Å². The number of aromatic amines is 1. The lowest BCUT2D eigenvalue weighted by molar-refractivity contribution is 0.0640. The number of rotatable bonds is 2. The summed E-state index contributed by atoms with van der Waals surface area (Å²) in [4.78, 5) is 26.1. The lowest BCUT2D eigenvalue weighted by Gasteiger charge is -2.33. The van der Waals surface area contributed by atoms with E-state index in [-0.39, 0.29) is 11.7 Å². The van der Waals surface area contributed by atoms with Crippen LogP contribution in [0.3, 0.4) is 0 Å². The molecular weight excluding hydrogens is 320 g/mol. The van der Waals surface area contributed by atoms with E-state index in [9.17, 15) is 4.79 Å². The number of para-hydroxylation sites is 1. The van der Waals surface area contributed by atoms with Crippen LogP contribution in [0.4, 0.5) is 0 Å². The summed E-state index contributed by atoms with van der Waals surface area (Å²) in [6, 6.07) is 9.34. The first kappa shape index (κ1) is 14.0. The number of nitrogens with one attached hydrogen (secondary N) is 1. The zero-order valence-electron chi connectivity index (χ0n) is 13.2. The molecule has 1 aliphatic heterocycles. The number of hydrogen-bond acceptors (Lipinski definition) is 5. The van der Waals surface area contributed by atoms with Gasteiger partial charge in [-0.25, -0.2) is 9.97 Å². The summed E-state index contributed by atoms with van der Waals surface area (Å²) in [5.74, 6) is 0.666. The van der Waals surface area contributed by atoms with E-state index in [4.69, 9.17) is 8.83 Å². The summed E-state index contributed by atoms with van der Waals surface area (Å²) >= 11 is 0. The van der Waals surface area contributed by atoms with Gasteiger partial charge >= 0.3 is 0 Å². The summed E-state index contributed by atoms with van der Waals surface area (Å²) in [7, 11) is 0. The smallest absolute Gasteiger partial charge is 0.292 e. The third-order valence-corrected chi connectivity index (χ3v) is 4.54. The number of H-pyrrole nitrogens is 1. The Labute approximate surface area is 142 Å². The Morgan fingerprint density at radius 1 is 1.32 bits per heavy atom. The van der Waals surface area contributed by atoms with Crippen LogP contribution in [0.1, 0.15) is 33.7 Å². The van der Waals surface area contributed by atoms with Crippen molar-refractivity contribution in [3.05, 3.63) is 72.2 Å². The Morgan fingerprint density at radius 2 is 2.24 bits per heavy atom. The van der Waals surface area contributed by atoms with Crippen LogP contribution in [-0.4, -0.2) is 32.3 Å². The molecule has 0 radical (unpaired) electrons. The maximum Gasteiger partial charge on any atom is 0.292 e. The minimum absolute atomic E-state index is 0.208. The molecule has 25 heavy (non-hydrogen) atoms. The van der Waals surface area contributed by atoms with E-state index in [1.54, 1.807) is 11.2 Å². The predicted molar refractivity (Wildman–Crippen MR) is 87.9 cm³/mol. The SMILES string of the molecule is O=C(c1cnco1)N1CCc2[nH]cnc2[C@H]1c1cc2ccccc2o1. The van der Waals surface area contributed by atoms with Crippen molar-refractivity contribution in [1.82, 2.24) is 19.9 Å². The first-order valence-electron chi connectivity index (χ1n) is 8.01. The predicted octanol–water partition coefficient (Wildman–Crippen LogP) is 2.93. The molecule has 0 aliphatic carbocycles. The maximum atomic E-state index is 12.9. The van der Waals surface area contributed by atoms with Gasteiger partial charge in [0.05, 0.1) is 18.2 Å². The molecule has 7 nitrogen and oxygen atoms in total. The zero-order chi connectivity index (χ0) is 16.8. The lowest BCUT2D eigenvalue weighted by atomic mass is 10.00. The Kier molecular flexibility index (Phi) is 3.00. The van der Waals surface area contributed by atoms with Gasteiger partial charge in [-0.2, -0.15) is 0 Å². The molecule has 1 atom stereocenters. The molecule has 0 bridgehead atoms. The van der Waals surface area contributed by atoms with Crippen molar-refractivity contribution in [2.75, 3.05) is 6.54 Å². The number of furan rings is 1. The van der Waals surface area contributed by atoms with Crippen LogP contribution in [0.2, 0.25) is 0 Å². The molecule has 4 heterocycles. The maximum absolute atomic E-state index is 12.9. The second-order valence-corrected chi connectivity index (χ2v) is 5.97. The second-order valence-electron chi connectivity index (χ2n) is 5.97. The van der Waals surface area contributed by atoms with Gasteiger partial charge in [0.1, 0.15) is 17.4 Å². The van der Waals surface area contributed by atoms with Gasteiger partial charge in [-0.05, 0) is 12.1 Å². The number of aromatic nitrogens is 3. The minimum atomic E-state index is -0.403. The van der Waals surface area contributed by atoms with Crippen LogP contribution in [0.15, 0.2) is 58.1 Å². The van der Waals surface area contributed by atoms with E-state index in [0.717, 1.165) is 22.4 Å². The van der Waals surface area contributed by atoms with E-state index < -0.39 is 6.04 Å². The van der Waals surface area contributed by atoms with Crippen molar-refractivity contribution >= 4 is 16.9 Å². The molecule has 0 saturated heterocycles. The number of imidazole rings is 1. The second kappa shape index (κ2) is 5.34. The van der Waals surface area contributed by atoms with Crippen LogP contribution in [0, 0.1) is 0 Å². The molecule has 0 fully saturated rings. The molecule has 7 heteroatoms. The van der Waals surface area contributed by atoms with Crippen molar-refractivity contribution < 1.29 is 13.6 Å². The number of nitrogens with zero attached hydrogens (tertiary/aromatic N) is 3. The molecule has 1 N–H and O–H groups in total. The van der Waals surface area contributed by atoms with E-state index in [1.807, 2.05) is 30.3 Å². The summed E-state index contributed by atoms with van der Waals surface area (Å²) in [6.45, 7) is 0.538. The van der Waals surface area contributed by atoms with Crippen LogP contribution in [0.25, 0.3) is 11.0 Å². The first-order chi connectivity index (χ1) is 12.3. The van der Waals surface area contributed by atoms with Crippen molar-refractivity contribution in [2.45, 2.75) is 12.5 Å². The lowest BCUT2D eigenvalue weighted by Crippen LogP contribution is -2.40. The highest BCUT2D eigenvalue weighted by Crippen LogP contribution is 2.36. The number of carbonyl (C=O) groups is 1. The van der Waals surface area contributed by atoms with Gasteiger partial charge in [-0.15, -0.1) is 0 Å². The third kappa shape index (κ3) is 2.16. The average Bonchev–Trinajstić information content (AvgIpc) is 3.39. The van der Waals surface area contributed by atoms with E-state index in [0.29, 0.717) is 18.7 Å². The highest BCUT2D eigenvalue weighted by Gasteiger charge is 2.37. The Bertz CT molecular complexity index is 1010. The minimum Gasteiger partial charge on any atom is -0.458 e. The Hall–Kier alpha value is -3.35. The highest BCUT2D eigenvalue weighted by molar-refractivity contribution is 5.92. The number of amides is 1. The van der Waals surface area contributed by atoms with E-state index in [2.05, 4.69) is 15.0 Å². The quantitative estimate of drug-likeness (QED) is 0.609. The molecule has 124 valence electrons. The number of benzene rings is 1. The molecule has 5 rings (SSSR count). The monoisotopic (exact) mass is 334 g/mol. The third-order valence-electron chi connectivity index (χ3n) is 4.54. The van der Waals surface area contributed by atoms with Gasteiger partial charge in [0.15, 0.2) is 6.39 Å². The largest absolute Gasteiger partial charge is 0.458 e. The fourth-order valence-electron chi connectivity index (χ4n) is 3.38. The Balaban J connectivity index is 1.64. The number of oxazole rings is 1. The van der Waals surface area contributed by atoms with Crippen molar-refractivity contribution in [1.29, 1.82) is 0 Å². The Morgan fingerprint density at radius 3 is 3.08 bits per heavy atom. The van der Waals surface area contributed by atoms with E-state index >= 15 is 0 Å². The molecule has 1 aliphatic rings. The van der Waals surface area contributed by atoms with Crippen molar-refractivity contribution in [3.8, 4) is 0 Å². The number of carbonyl (C=O) groups excluding carboxylic acids is 1. The normalized spacial score (nSPS) is 17.0. The molecule has 4 aromatic rings. The van der Waals surface area contributed by atoms with E-state index in [1.165, 1.54) is 12.6 Å². The highest BCUT2D eigenvalue weighted by atomic mass is 16.4. The molecular formula is C18H14N4O3. The zero-order valence-corrected chi connectivity index (χ0v) is 13.2. The summed E-state index contributed by atoms with van der Waals surface area (Å²) in [5, 5.41) is 0.993. The van der Waals surface area contributed by atoms with Gasteiger partial charge in [0.2, 0.25) is 5.76 Å². The molecule has 0 spiro atoms. The van der Waals surface area contributed by atoms with Gasteiger partial charge in [-0.1, -0.05) is 18.2 Å². The van der Waals surface area contributed by atoms with Crippen LogP contribution >= 0.6 is 0 Å². The summed E-state index contributed by atoms with van der Waals surface area (Å²) < 4.78 is 11.2. The van der Waals surface area contributed by atoms with Crippen molar-refractivity contribution in [3.63, 3.8) is 0 Å². The van der Waals surface area contributed by atoms with Gasteiger partial charge in [0.25, 0.3) is 5.91 Å². The number of fused-ring (bicyclic) bond motifs is 2. The fraction of sp³-hybridized carbons (Fsp3) is 0.167. The molecule has 0 unspecified atom stereocenters. The van der Waals surface area contributed by atoms with Crippen LogP contribution < -0.4 is 0 Å². The molecule has 3 aromatic heterocycles. The fourth-order valence-corrected chi connectivity index (χ4v) is 3.38. The number of hydrogen-bond donors (Lipinski definition) is 1. The van der Waals surface area contributed by atoms with Gasteiger partial charge in [0, 0.05) is 24.0 Å². The average molecular weight is 334 g/mol. The molecule has 1 aromatic carbocycles. The topological polar surface area (TPSA) is 88.2 Å². The standard InChI is InChI=1S/C18H14N4O3/c23-18(15-8-19-10-24-15)22-6-5-12-16(21-9-20-12)17(22)14-7-11-3-1-2-4-13(11)25-14/h1-4,7-10,17H,5-6H2,(H,20,21)/t17-/m1/s1. The van der Waals surface area contributed by atoms with Crippen LogP contribution in [-0.2, 0) is 6.42 Å².